The molecule has 0 bridgehead atoms. The van der Waals surface area contributed by atoms with Crippen molar-refractivity contribution in [3.05, 3.63) is 41.7 Å². The maximum absolute atomic E-state index is 12.4. The van der Waals surface area contributed by atoms with E-state index in [-0.39, 0.29) is 23.1 Å². The van der Waals surface area contributed by atoms with E-state index in [4.69, 9.17) is 0 Å². The lowest BCUT2D eigenvalue weighted by Gasteiger charge is -2.13. The first-order chi connectivity index (χ1) is 13.1. The maximum Gasteiger partial charge on any atom is 0.346 e. The van der Waals surface area contributed by atoms with Crippen molar-refractivity contribution in [3.63, 3.8) is 0 Å². The van der Waals surface area contributed by atoms with Crippen LogP contribution in [0.25, 0.3) is 0 Å². The fourth-order valence-electron chi connectivity index (χ4n) is 2.08. The molecule has 0 aliphatic rings. The Bertz CT molecular complexity index is 868. The first-order valence-electron chi connectivity index (χ1n) is 8.80. The lowest BCUT2D eigenvalue weighted by Crippen LogP contribution is -2.29. The maximum atomic E-state index is 12.4. The summed E-state index contributed by atoms with van der Waals surface area (Å²) in [5.41, 5.74) is 3.86. The predicted octanol–water partition coefficient (Wildman–Crippen LogP) is 2.74. The van der Waals surface area contributed by atoms with Crippen LogP contribution in [0.1, 0.15) is 39.1 Å². The van der Waals surface area contributed by atoms with Crippen LogP contribution in [0.5, 0.6) is 0 Å². The van der Waals surface area contributed by atoms with Crippen molar-refractivity contribution in [1.82, 2.24) is 25.1 Å². The van der Waals surface area contributed by atoms with Gasteiger partial charge in [0, 0.05) is 19.5 Å². The number of aromatic nitrogens is 3. The van der Waals surface area contributed by atoms with Gasteiger partial charge in [-0.1, -0.05) is 62.9 Å². The highest BCUT2D eigenvalue weighted by molar-refractivity contribution is 7.99. The van der Waals surface area contributed by atoms with E-state index in [1.54, 1.807) is 14.1 Å². The smallest absolute Gasteiger partial charge is 0.329 e. The molecule has 0 atom stereocenters. The van der Waals surface area contributed by atoms with Crippen LogP contribution >= 0.6 is 11.8 Å². The molecule has 0 radical (unpaired) electrons. The molecule has 0 aliphatic heterocycles. The van der Waals surface area contributed by atoms with Crippen LogP contribution in [0.3, 0.4) is 0 Å². The Balaban J connectivity index is 2.07. The van der Waals surface area contributed by atoms with Gasteiger partial charge in [0.05, 0.1) is 11.5 Å². The number of thioether (sulfide) groups is 1. The van der Waals surface area contributed by atoms with Crippen molar-refractivity contribution >= 4 is 29.4 Å². The van der Waals surface area contributed by atoms with Gasteiger partial charge in [-0.3, -0.25) is 4.79 Å². The predicted molar refractivity (Wildman–Crippen MR) is 111 cm³/mol. The average Bonchev–Trinajstić information content (AvgIpc) is 3.09. The zero-order valence-corrected chi connectivity index (χ0v) is 17.9. The van der Waals surface area contributed by atoms with E-state index >= 15 is 0 Å². The van der Waals surface area contributed by atoms with Gasteiger partial charge in [0.1, 0.15) is 0 Å². The summed E-state index contributed by atoms with van der Waals surface area (Å²) in [5.74, 6) is 0.321. The molecule has 8 nitrogen and oxygen atoms in total. The minimum atomic E-state index is -0.316. The van der Waals surface area contributed by atoms with Crippen molar-refractivity contribution in [2.24, 2.45) is 5.10 Å². The van der Waals surface area contributed by atoms with Gasteiger partial charge in [-0.2, -0.15) is 9.78 Å². The largest absolute Gasteiger partial charge is 0.346 e. The number of hydrogen-bond acceptors (Lipinski definition) is 6. The Hall–Kier alpha value is -2.68. The topological polar surface area (TPSA) is 92.5 Å². The summed E-state index contributed by atoms with van der Waals surface area (Å²) in [6.07, 6.45) is 0. The second-order valence-electron chi connectivity index (χ2n) is 7.44. The number of benzene rings is 1. The Morgan fingerprint density at radius 2 is 1.86 bits per heavy atom. The molecule has 0 saturated carbocycles. The molecule has 1 aromatic heterocycles. The van der Waals surface area contributed by atoms with E-state index in [0.29, 0.717) is 16.7 Å². The van der Waals surface area contributed by atoms with Gasteiger partial charge in [-0.15, -0.1) is 5.10 Å². The number of hydrogen-bond donors (Lipinski definition) is 1. The molecule has 1 aromatic carbocycles. The monoisotopic (exact) mass is 402 g/mol. The standard InChI is InChI=1S/C19H26N6O2S/c1-13(14-10-8-7-9-11-14)21-22-15(26)12-28-17-20-16(19(2,3)4)23-25(17)18(27)24(5)6/h7-11H,12H2,1-6H3,(H,22,26)/b21-13+. The Morgan fingerprint density at radius 1 is 1.21 bits per heavy atom. The second kappa shape index (κ2) is 9.01. The Labute approximate surface area is 169 Å². The number of carbonyl (C=O) groups is 2. The van der Waals surface area contributed by atoms with Crippen molar-refractivity contribution in [2.45, 2.75) is 38.3 Å². The lowest BCUT2D eigenvalue weighted by atomic mass is 9.96. The Morgan fingerprint density at radius 3 is 2.43 bits per heavy atom. The molecule has 2 amide bonds. The fourth-order valence-corrected chi connectivity index (χ4v) is 2.79. The molecule has 0 saturated heterocycles. The van der Waals surface area contributed by atoms with Gasteiger partial charge in [0.2, 0.25) is 0 Å². The molecule has 2 aromatic rings. The molecule has 1 heterocycles. The quantitative estimate of drug-likeness (QED) is 0.472. The molecule has 28 heavy (non-hydrogen) atoms. The molecule has 1 N–H and O–H groups in total. The molecule has 0 spiro atoms. The van der Waals surface area contributed by atoms with Crippen LogP contribution in [0.2, 0.25) is 0 Å². The number of amides is 2. The molecular weight excluding hydrogens is 376 g/mol. The third kappa shape index (κ3) is 5.66. The first-order valence-corrected chi connectivity index (χ1v) is 9.78. The number of nitrogens with zero attached hydrogens (tertiary/aromatic N) is 5. The van der Waals surface area contributed by atoms with Crippen LogP contribution in [0.4, 0.5) is 4.79 Å². The normalized spacial score (nSPS) is 12.0. The molecule has 0 unspecified atom stereocenters. The SMILES string of the molecule is C/C(=N\NC(=O)CSc1nc(C(C)(C)C)nn1C(=O)N(C)C)c1ccccc1. The van der Waals surface area contributed by atoms with Crippen molar-refractivity contribution < 1.29 is 9.59 Å². The van der Waals surface area contributed by atoms with Crippen molar-refractivity contribution in [2.75, 3.05) is 19.8 Å². The van der Waals surface area contributed by atoms with Gasteiger partial charge >= 0.3 is 6.03 Å². The van der Waals surface area contributed by atoms with E-state index < -0.39 is 0 Å². The fraction of sp³-hybridized carbons (Fsp3) is 0.421. The van der Waals surface area contributed by atoms with Crippen LogP contribution < -0.4 is 5.43 Å². The van der Waals surface area contributed by atoms with Crippen LogP contribution in [-0.4, -0.2) is 57.2 Å². The zero-order chi connectivity index (χ0) is 20.9. The lowest BCUT2D eigenvalue weighted by molar-refractivity contribution is -0.118. The number of hydrazone groups is 1. The third-order valence-electron chi connectivity index (χ3n) is 3.68. The number of rotatable bonds is 5. The molecule has 9 heteroatoms. The van der Waals surface area contributed by atoms with Crippen LogP contribution in [-0.2, 0) is 10.2 Å². The van der Waals surface area contributed by atoms with Crippen molar-refractivity contribution in [3.8, 4) is 0 Å². The third-order valence-corrected chi connectivity index (χ3v) is 4.61. The molecule has 150 valence electrons. The van der Waals surface area contributed by atoms with E-state index in [2.05, 4.69) is 20.6 Å². The van der Waals surface area contributed by atoms with Gasteiger partial charge in [0.15, 0.2) is 11.0 Å². The number of nitrogens with one attached hydrogen (secondary N) is 1. The van der Waals surface area contributed by atoms with Gasteiger partial charge in [-0.25, -0.2) is 15.2 Å². The average molecular weight is 403 g/mol. The number of carbonyl (C=O) groups excluding carboxylic acids is 2. The minimum absolute atomic E-state index is 0.0640. The van der Waals surface area contributed by atoms with Gasteiger partial charge in [-0.05, 0) is 12.5 Å². The molecular formula is C19H26N6O2S. The van der Waals surface area contributed by atoms with Gasteiger partial charge in [0.25, 0.3) is 5.91 Å². The molecule has 0 fully saturated rings. The van der Waals surface area contributed by atoms with Crippen molar-refractivity contribution in [1.29, 1.82) is 0 Å². The highest BCUT2D eigenvalue weighted by Gasteiger charge is 2.25. The summed E-state index contributed by atoms with van der Waals surface area (Å²) >= 11 is 1.15. The second-order valence-corrected chi connectivity index (χ2v) is 8.39. The summed E-state index contributed by atoms with van der Waals surface area (Å²) in [7, 11) is 3.28. The van der Waals surface area contributed by atoms with E-state index in [9.17, 15) is 9.59 Å². The minimum Gasteiger partial charge on any atom is -0.329 e. The molecule has 0 aliphatic carbocycles. The Kier molecular flexibility index (Phi) is 6.95. The zero-order valence-electron chi connectivity index (χ0n) is 17.1. The summed E-state index contributed by atoms with van der Waals surface area (Å²) < 4.78 is 1.23. The van der Waals surface area contributed by atoms with E-state index in [1.165, 1.54) is 9.58 Å². The van der Waals surface area contributed by atoms with E-state index in [1.807, 2.05) is 58.0 Å². The first kappa shape index (κ1) is 21.6. The summed E-state index contributed by atoms with van der Waals surface area (Å²) in [4.78, 5) is 30.4. The molecule has 2 rings (SSSR count). The van der Waals surface area contributed by atoms with Crippen LogP contribution in [0.15, 0.2) is 40.6 Å². The van der Waals surface area contributed by atoms with Gasteiger partial charge < -0.3 is 4.90 Å². The summed E-state index contributed by atoms with van der Waals surface area (Å²) in [5, 5.41) is 8.83. The highest BCUT2D eigenvalue weighted by Crippen LogP contribution is 2.23. The summed E-state index contributed by atoms with van der Waals surface area (Å²) in [6.45, 7) is 7.73. The summed E-state index contributed by atoms with van der Waals surface area (Å²) in [6, 6.07) is 9.26. The van der Waals surface area contributed by atoms with E-state index in [0.717, 1.165) is 17.3 Å². The highest BCUT2D eigenvalue weighted by atomic mass is 32.2. The van der Waals surface area contributed by atoms with Crippen LogP contribution in [0, 0.1) is 0 Å².